The first-order valence-electron chi connectivity index (χ1n) is 5.69. The molecule has 3 nitrogen and oxygen atoms in total. The van der Waals surface area contributed by atoms with E-state index in [-0.39, 0.29) is 5.78 Å². The van der Waals surface area contributed by atoms with Crippen molar-refractivity contribution in [2.45, 2.75) is 32.1 Å². The topological polar surface area (TPSA) is 34.4 Å². The van der Waals surface area contributed by atoms with Crippen LogP contribution in [0.25, 0.3) is 5.52 Å². The molecular formula is C13H14N2O. The second kappa shape index (κ2) is 3.44. The molecule has 0 radical (unpaired) electrons. The SMILES string of the molecule is CC(=O)Cc1ccn2c(C3CC3)ncc2c1. The summed E-state index contributed by atoms with van der Waals surface area (Å²) in [4.78, 5) is 15.5. The molecule has 1 saturated carbocycles. The Morgan fingerprint density at radius 3 is 3.06 bits per heavy atom. The van der Waals surface area contributed by atoms with Crippen LogP contribution in [0.4, 0.5) is 0 Å². The lowest BCUT2D eigenvalue weighted by atomic mass is 10.1. The van der Waals surface area contributed by atoms with Crippen LogP contribution in [0.5, 0.6) is 0 Å². The monoisotopic (exact) mass is 214 g/mol. The van der Waals surface area contributed by atoms with Crippen molar-refractivity contribution in [1.29, 1.82) is 0 Å². The summed E-state index contributed by atoms with van der Waals surface area (Å²) >= 11 is 0. The van der Waals surface area contributed by atoms with Gasteiger partial charge in [0.1, 0.15) is 11.6 Å². The third kappa shape index (κ3) is 1.62. The van der Waals surface area contributed by atoms with Crippen molar-refractivity contribution in [2.75, 3.05) is 0 Å². The number of fused-ring (bicyclic) bond motifs is 1. The number of rotatable bonds is 3. The van der Waals surface area contributed by atoms with E-state index in [1.54, 1.807) is 6.92 Å². The van der Waals surface area contributed by atoms with Crippen LogP contribution in [0, 0.1) is 0 Å². The first-order chi connectivity index (χ1) is 7.74. The number of pyridine rings is 1. The van der Waals surface area contributed by atoms with Gasteiger partial charge in [-0.25, -0.2) is 4.98 Å². The number of aromatic nitrogens is 2. The van der Waals surface area contributed by atoms with Crippen molar-refractivity contribution >= 4 is 11.3 Å². The summed E-state index contributed by atoms with van der Waals surface area (Å²) in [6.45, 7) is 1.62. The van der Waals surface area contributed by atoms with Crippen molar-refractivity contribution in [1.82, 2.24) is 9.38 Å². The first-order valence-corrected chi connectivity index (χ1v) is 5.69. The van der Waals surface area contributed by atoms with Crippen molar-refractivity contribution in [3.8, 4) is 0 Å². The van der Waals surface area contributed by atoms with E-state index in [1.807, 2.05) is 18.5 Å². The highest BCUT2D eigenvalue weighted by Gasteiger charge is 2.27. The largest absolute Gasteiger partial charge is 0.304 e. The standard InChI is InChI=1S/C13H14N2O/c1-9(16)6-10-4-5-15-12(7-10)8-14-13(15)11-2-3-11/h4-5,7-8,11H,2-3,6H2,1H3. The van der Waals surface area contributed by atoms with Gasteiger partial charge in [0.05, 0.1) is 11.7 Å². The molecule has 0 atom stereocenters. The van der Waals surface area contributed by atoms with Crippen molar-refractivity contribution in [3.05, 3.63) is 35.9 Å². The van der Waals surface area contributed by atoms with Gasteiger partial charge in [0.15, 0.2) is 0 Å². The highest BCUT2D eigenvalue weighted by atomic mass is 16.1. The third-order valence-corrected chi connectivity index (χ3v) is 3.02. The number of ketones is 1. The number of hydrogen-bond acceptors (Lipinski definition) is 2. The molecule has 16 heavy (non-hydrogen) atoms. The van der Waals surface area contributed by atoms with E-state index in [1.165, 1.54) is 18.7 Å². The Morgan fingerprint density at radius 1 is 1.56 bits per heavy atom. The minimum absolute atomic E-state index is 0.200. The molecule has 1 fully saturated rings. The van der Waals surface area contributed by atoms with Crippen LogP contribution in [0.3, 0.4) is 0 Å². The Balaban J connectivity index is 2.02. The lowest BCUT2D eigenvalue weighted by Crippen LogP contribution is -1.98. The van der Waals surface area contributed by atoms with Gasteiger partial charge in [-0.2, -0.15) is 0 Å². The van der Waals surface area contributed by atoms with E-state index in [4.69, 9.17) is 0 Å². The van der Waals surface area contributed by atoms with E-state index in [0.717, 1.165) is 11.1 Å². The molecule has 0 bridgehead atoms. The van der Waals surface area contributed by atoms with E-state index in [9.17, 15) is 4.79 Å². The third-order valence-electron chi connectivity index (χ3n) is 3.02. The van der Waals surface area contributed by atoms with Crippen molar-refractivity contribution in [2.24, 2.45) is 0 Å². The lowest BCUT2D eigenvalue weighted by Gasteiger charge is -2.02. The second-order valence-corrected chi connectivity index (χ2v) is 4.60. The molecule has 0 amide bonds. The number of carbonyl (C=O) groups is 1. The maximum atomic E-state index is 11.1. The molecule has 0 aromatic carbocycles. The predicted octanol–water partition coefficient (Wildman–Crippen LogP) is 2.34. The van der Waals surface area contributed by atoms with Gasteiger partial charge in [-0.15, -0.1) is 0 Å². The van der Waals surface area contributed by atoms with Gasteiger partial charge in [-0.1, -0.05) is 0 Å². The van der Waals surface area contributed by atoms with Crippen LogP contribution in [0.1, 0.15) is 37.1 Å². The molecule has 2 heterocycles. The average molecular weight is 214 g/mol. The number of hydrogen-bond donors (Lipinski definition) is 0. The quantitative estimate of drug-likeness (QED) is 0.786. The summed E-state index contributed by atoms with van der Waals surface area (Å²) in [7, 11) is 0. The van der Waals surface area contributed by atoms with E-state index >= 15 is 0 Å². The number of nitrogens with zero attached hydrogens (tertiary/aromatic N) is 2. The zero-order valence-electron chi connectivity index (χ0n) is 9.31. The molecule has 82 valence electrons. The van der Waals surface area contributed by atoms with Gasteiger partial charge in [-0.3, -0.25) is 4.79 Å². The van der Waals surface area contributed by atoms with Crippen LogP contribution in [-0.2, 0) is 11.2 Å². The number of imidazole rings is 1. The van der Waals surface area contributed by atoms with Gasteiger partial charge in [-0.05, 0) is 37.5 Å². The highest BCUT2D eigenvalue weighted by Crippen LogP contribution is 2.39. The fourth-order valence-electron chi connectivity index (χ4n) is 2.11. The molecule has 3 heteroatoms. The van der Waals surface area contributed by atoms with Gasteiger partial charge < -0.3 is 4.40 Å². The lowest BCUT2D eigenvalue weighted by molar-refractivity contribution is -0.116. The normalized spacial score (nSPS) is 15.6. The maximum Gasteiger partial charge on any atom is 0.134 e. The fraction of sp³-hybridized carbons (Fsp3) is 0.385. The Bertz CT molecular complexity index is 552. The first kappa shape index (κ1) is 9.58. The second-order valence-electron chi connectivity index (χ2n) is 4.60. The maximum absolute atomic E-state index is 11.1. The highest BCUT2D eigenvalue weighted by molar-refractivity contribution is 5.78. The molecule has 0 spiro atoms. The van der Waals surface area contributed by atoms with Crippen molar-refractivity contribution < 1.29 is 4.79 Å². The molecule has 0 aliphatic heterocycles. The molecular weight excluding hydrogens is 200 g/mol. The zero-order valence-corrected chi connectivity index (χ0v) is 9.31. The van der Waals surface area contributed by atoms with Gasteiger partial charge in [0.25, 0.3) is 0 Å². The Morgan fingerprint density at radius 2 is 2.38 bits per heavy atom. The van der Waals surface area contributed by atoms with E-state index in [0.29, 0.717) is 12.3 Å². The summed E-state index contributed by atoms with van der Waals surface area (Å²) in [6.07, 6.45) is 6.97. The van der Waals surface area contributed by atoms with E-state index in [2.05, 4.69) is 15.5 Å². The molecule has 1 aliphatic rings. The van der Waals surface area contributed by atoms with Crippen LogP contribution >= 0.6 is 0 Å². The Labute approximate surface area is 94.1 Å². The molecule has 0 saturated heterocycles. The minimum atomic E-state index is 0.200. The minimum Gasteiger partial charge on any atom is -0.304 e. The summed E-state index contributed by atoms with van der Waals surface area (Å²) in [5.74, 6) is 2.02. The summed E-state index contributed by atoms with van der Waals surface area (Å²) in [5.41, 5.74) is 2.17. The summed E-state index contributed by atoms with van der Waals surface area (Å²) in [5, 5.41) is 0. The molecule has 3 rings (SSSR count). The predicted molar refractivity (Wildman–Crippen MR) is 61.6 cm³/mol. The molecule has 2 aromatic rings. The zero-order chi connectivity index (χ0) is 11.1. The number of Topliss-reactive ketones (excluding diaryl/α,β-unsaturated/α-hetero) is 1. The smallest absolute Gasteiger partial charge is 0.134 e. The summed E-state index contributed by atoms with van der Waals surface area (Å²) < 4.78 is 2.14. The van der Waals surface area contributed by atoms with Crippen LogP contribution in [-0.4, -0.2) is 15.2 Å². The van der Waals surface area contributed by atoms with E-state index < -0.39 is 0 Å². The average Bonchev–Trinajstić information content (AvgIpc) is 2.98. The van der Waals surface area contributed by atoms with Gasteiger partial charge in [0.2, 0.25) is 0 Å². The Kier molecular flexibility index (Phi) is 2.06. The molecule has 2 aromatic heterocycles. The van der Waals surface area contributed by atoms with Crippen LogP contribution < -0.4 is 0 Å². The fourth-order valence-corrected chi connectivity index (χ4v) is 2.11. The molecule has 0 unspecified atom stereocenters. The van der Waals surface area contributed by atoms with Crippen molar-refractivity contribution in [3.63, 3.8) is 0 Å². The Hall–Kier alpha value is -1.64. The molecule has 1 aliphatic carbocycles. The summed E-state index contributed by atoms with van der Waals surface area (Å²) in [6, 6.07) is 4.07. The number of carbonyl (C=O) groups excluding carboxylic acids is 1. The van der Waals surface area contributed by atoms with Crippen LogP contribution in [0.2, 0.25) is 0 Å². The van der Waals surface area contributed by atoms with Gasteiger partial charge >= 0.3 is 0 Å². The molecule has 0 N–H and O–H groups in total. The van der Waals surface area contributed by atoms with Gasteiger partial charge in [0, 0.05) is 18.5 Å². The van der Waals surface area contributed by atoms with Crippen LogP contribution in [0.15, 0.2) is 24.5 Å².